The fourth-order valence-corrected chi connectivity index (χ4v) is 5.18. The van der Waals surface area contributed by atoms with E-state index in [1.54, 1.807) is 23.1 Å². The van der Waals surface area contributed by atoms with E-state index < -0.39 is 11.2 Å². The molecular weight excluding hydrogens is 457 g/mol. The zero-order valence-electron chi connectivity index (χ0n) is 18.3. The van der Waals surface area contributed by atoms with E-state index in [4.69, 9.17) is 4.74 Å². The van der Waals surface area contributed by atoms with Gasteiger partial charge in [-0.1, -0.05) is 24.3 Å². The lowest BCUT2D eigenvalue weighted by atomic mass is 9.74. The molecule has 0 bridgehead atoms. The molecule has 0 unspecified atom stereocenters. The summed E-state index contributed by atoms with van der Waals surface area (Å²) in [5, 5.41) is 6.31. The molecule has 2 N–H and O–H groups in total. The highest BCUT2D eigenvalue weighted by Gasteiger charge is 2.47. The average molecular weight is 480 g/mol. The predicted molar refractivity (Wildman–Crippen MR) is 130 cm³/mol. The Morgan fingerprint density at radius 1 is 1.00 bits per heavy atom. The third kappa shape index (κ3) is 3.35. The molecule has 3 heterocycles. The molecule has 0 saturated carbocycles. The highest BCUT2D eigenvalue weighted by Crippen LogP contribution is 2.45. The second-order valence-corrected chi connectivity index (χ2v) is 8.72. The molecule has 1 saturated heterocycles. The maximum absolute atomic E-state index is 13.9. The average Bonchev–Trinajstić information content (AvgIpc) is 2.99. The number of nitrogens with one attached hydrogen (secondary N) is 2. The highest BCUT2D eigenvalue weighted by atomic mass is 35.5. The Morgan fingerprint density at radius 2 is 1.79 bits per heavy atom. The number of halogens is 2. The summed E-state index contributed by atoms with van der Waals surface area (Å²) in [5.74, 6) is -0.399. The van der Waals surface area contributed by atoms with Crippen molar-refractivity contribution in [2.75, 3.05) is 23.3 Å². The molecule has 0 aromatic heterocycles. The number of benzene rings is 3. The van der Waals surface area contributed by atoms with Crippen LogP contribution in [-0.4, -0.2) is 24.9 Å². The molecule has 3 aromatic rings. The van der Waals surface area contributed by atoms with Crippen LogP contribution in [0, 0.1) is 5.82 Å². The minimum absolute atomic E-state index is 0. The van der Waals surface area contributed by atoms with Gasteiger partial charge in [-0.2, -0.15) is 0 Å². The Hall–Kier alpha value is -3.42. The second kappa shape index (κ2) is 8.42. The highest BCUT2D eigenvalue weighted by molar-refractivity contribution is 6.14. The second-order valence-electron chi connectivity index (χ2n) is 8.72. The molecule has 3 aliphatic rings. The van der Waals surface area contributed by atoms with Gasteiger partial charge in [0.15, 0.2) is 0 Å². The SMILES string of the molecule is Cl.O=C(c1ccc2c(c1)NC(=O)C21CCNCC1)N1c2ccccc2COc2cc(F)ccc21. The predicted octanol–water partition coefficient (Wildman–Crippen LogP) is 4.69. The molecule has 6 nitrogen and oxygen atoms in total. The number of carbonyl (C=O) groups is 2. The fraction of sp³-hybridized carbons (Fsp3) is 0.231. The third-order valence-electron chi connectivity index (χ3n) is 6.90. The van der Waals surface area contributed by atoms with E-state index in [2.05, 4.69) is 10.6 Å². The molecule has 174 valence electrons. The summed E-state index contributed by atoms with van der Waals surface area (Å²) in [5.41, 5.74) is 3.53. The summed E-state index contributed by atoms with van der Waals surface area (Å²) in [6, 6.07) is 17.1. The molecule has 0 atom stereocenters. The first-order chi connectivity index (χ1) is 16.1. The molecule has 0 radical (unpaired) electrons. The quantitative estimate of drug-likeness (QED) is 0.531. The largest absolute Gasteiger partial charge is 0.487 e. The molecule has 34 heavy (non-hydrogen) atoms. The standard InChI is InChI=1S/C26H22FN3O3.ClH/c27-18-6-8-22-23(14-18)33-15-17-3-1-2-4-21(17)30(22)24(31)16-5-7-19-20(13-16)29-25(32)26(19)9-11-28-12-10-26;/h1-8,13-14,28H,9-12,15H2,(H,29,32);1H. The number of amides is 2. The Kier molecular flexibility index (Phi) is 5.54. The van der Waals surface area contributed by atoms with Crippen LogP contribution in [0.3, 0.4) is 0 Å². The molecule has 3 aliphatic heterocycles. The van der Waals surface area contributed by atoms with Crippen LogP contribution in [0.2, 0.25) is 0 Å². The first kappa shape index (κ1) is 22.4. The van der Waals surface area contributed by atoms with Gasteiger partial charge >= 0.3 is 0 Å². The van der Waals surface area contributed by atoms with Crippen molar-refractivity contribution in [3.05, 3.63) is 83.2 Å². The van der Waals surface area contributed by atoms with E-state index in [1.165, 1.54) is 12.1 Å². The number of rotatable bonds is 1. The van der Waals surface area contributed by atoms with Crippen LogP contribution in [0.25, 0.3) is 0 Å². The Morgan fingerprint density at radius 3 is 2.62 bits per heavy atom. The number of para-hydroxylation sites is 1. The Balaban J connectivity index is 0.00000241. The Labute approximate surface area is 202 Å². The van der Waals surface area contributed by atoms with E-state index in [-0.39, 0.29) is 30.8 Å². The van der Waals surface area contributed by atoms with Gasteiger partial charge in [-0.3, -0.25) is 14.5 Å². The van der Waals surface area contributed by atoms with Crippen molar-refractivity contribution in [3.63, 3.8) is 0 Å². The van der Waals surface area contributed by atoms with Crippen molar-refractivity contribution in [1.82, 2.24) is 5.32 Å². The zero-order valence-corrected chi connectivity index (χ0v) is 19.1. The number of carbonyl (C=O) groups excluding carboxylic acids is 2. The molecule has 1 fully saturated rings. The van der Waals surface area contributed by atoms with Crippen molar-refractivity contribution in [2.24, 2.45) is 0 Å². The summed E-state index contributed by atoms with van der Waals surface area (Å²) in [6.07, 6.45) is 1.46. The number of fused-ring (bicyclic) bond motifs is 4. The van der Waals surface area contributed by atoms with Crippen molar-refractivity contribution in [2.45, 2.75) is 24.9 Å². The first-order valence-corrected chi connectivity index (χ1v) is 11.1. The van der Waals surface area contributed by atoms with Crippen LogP contribution >= 0.6 is 12.4 Å². The third-order valence-corrected chi connectivity index (χ3v) is 6.90. The molecule has 8 heteroatoms. The number of nitrogens with zero attached hydrogens (tertiary/aromatic N) is 1. The van der Waals surface area contributed by atoms with Gasteiger partial charge < -0.3 is 15.4 Å². The number of piperidine rings is 1. The molecule has 0 aliphatic carbocycles. The van der Waals surface area contributed by atoms with E-state index in [0.717, 1.165) is 37.1 Å². The summed E-state index contributed by atoms with van der Waals surface area (Å²) >= 11 is 0. The minimum atomic E-state index is -0.532. The lowest BCUT2D eigenvalue weighted by Gasteiger charge is -2.32. The number of anilines is 3. The van der Waals surface area contributed by atoms with Crippen molar-refractivity contribution < 1.29 is 18.7 Å². The van der Waals surface area contributed by atoms with Crippen LogP contribution in [0.5, 0.6) is 5.75 Å². The number of ether oxygens (including phenoxy) is 1. The maximum Gasteiger partial charge on any atom is 0.263 e. The van der Waals surface area contributed by atoms with E-state index in [9.17, 15) is 14.0 Å². The van der Waals surface area contributed by atoms with Gasteiger partial charge in [0.05, 0.1) is 16.8 Å². The molecule has 6 rings (SSSR count). The number of hydrogen-bond donors (Lipinski definition) is 2. The zero-order chi connectivity index (χ0) is 22.6. The molecule has 3 aromatic carbocycles. The van der Waals surface area contributed by atoms with Crippen LogP contribution in [0.4, 0.5) is 21.5 Å². The van der Waals surface area contributed by atoms with E-state index in [1.807, 2.05) is 30.3 Å². The van der Waals surface area contributed by atoms with E-state index in [0.29, 0.717) is 28.4 Å². The van der Waals surface area contributed by atoms with E-state index >= 15 is 0 Å². The van der Waals surface area contributed by atoms with Gasteiger partial charge in [0, 0.05) is 22.9 Å². The fourth-order valence-electron chi connectivity index (χ4n) is 5.18. The smallest absolute Gasteiger partial charge is 0.263 e. The topological polar surface area (TPSA) is 70.7 Å². The molecule has 1 spiro atoms. The van der Waals surface area contributed by atoms with Crippen molar-refractivity contribution >= 4 is 41.3 Å². The van der Waals surface area contributed by atoms with Gasteiger partial charge in [-0.25, -0.2) is 4.39 Å². The monoisotopic (exact) mass is 479 g/mol. The van der Waals surface area contributed by atoms with Crippen LogP contribution in [0.1, 0.15) is 34.3 Å². The lowest BCUT2D eigenvalue weighted by molar-refractivity contribution is -0.121. The minimum Gasteiger partial charge on any atom is -0.487 e. The normalized spacial score (nSPS) is 17.4. The maximum atomic E-state index is 13.9. The summed E-state index contributed by atoms with van der Waals surface area (Å²) in [4.78, 5) is 28.3. The van der Waals surface area contributed by atoms with Gasteiger partial charge in [0.2, 0.25) is 5.91 Å². The van der Waals surface area contributed by atoms with Crippen LogP contribution < -0.4 is 20.3 Å². The summed E-state index contributed by atoms with van der Waals surface area (Å²) in [7, 11) is 0. The van der Waals surface area contributed by atoms with Gasteiger partial charge in [-0.05, 0) is 61.8 Å². The van der Waals surface area contributed by atoms with Gasteiger partial charge in [-0.15, -0.1) is 12.4 Å². The Bertz CT molecular complexity index is 1310. The van der Waals surface area contributed by atoms with Gasteiger partial charge in [0.25, 0.3) is 5.91 Å². The molecular formula is C26H23ClFN3O3. The molecule has 2 amide bonds. The summed E-state index contributed by atoms with van der Waals surface area (Å²) in [6.45, 7) is 1.80. The van der Waals surface area contributed by atoms with Crippen molar-refractivity contribution in [1.29, 1.82) is 0 Å². The van der Waals surface area contributed by atoms with Crippen molar-refractivity contribution in [3.8, 4) is 5.75 Å². The van der Waals surface area contributed by atoms with Gasteiger partial charge in [0.1, 0.15) is 18.2 Å². The summed E-state index contributed by atoms with van der Waals surface area (Å²) < 4.78 is 19.8. The first-order valence-electron chi connectivity index (χ1n) is 11.1. The van der Waals surface area contributed by atoms with Crippen LogP contribution in [0.15, 0.2) is 60.7 Å². The number of hydrogen-bond acceptors (Lipinski definition) is 4. The lowest BCUT2D eigenvalue weighted by Crippen LogP contribution is -2.44. The van der Waals surface area contributed by atoms with Crippen LogP contribution in [-0.2, 0) is 16.8 Å².